The zero-order chi connectivity index (χ0) is 13.1. The van der Waals surface area contributed by atoms with Crippen molar-refractivity contribution in [1.29, 1.82) is 0 Å². The van der Waals surface area contributed by atoms with Crippen molar-refractivity contribution in [3.63, 3.8) is 0 Å². The van der Waals surface area contributed by atoms with Crippen LogP contribution in [0.1, 0.15) is 5.56 Å². The van der Waals surface area contributed by atoms with Crippen LogP contribution < -0.4 is 4.74 Å². The Morgan fingerprint density at radius 3 is 2.39 bits per heavy atom. The Hall–Kier alpha value is -1.75. The molecule has 6 heteroatoms. The highest BCUT2D eigenvalue weighted by molar-refractivity contribution is 6.17. The van der Waals surface area contributed by atoms with E-state index in [1.165, 1.54) is 12.3 Å². The second kappa shape index (κ2) is 5.27. The topological polar surface area (TPSA) is 22.1 Å². The van der Waals surface area contributed by atoms with Crippen LogP contribution in [0.3, 0.4) is 0 Å². The molecule has 1 aromatic heterocycles. The lowest BCUT2D eigenvalue weighted by Crippen LogP contribution is -1.96. The number of hydrogen-bond donors (Lipinski definition) is 0. The Kier molecular flexibility index (Phi) is 3.72. The highest BCUT2D eigenvalue weighted by atomic mass is 35.5. The molecule has 0 spiro atoms. The van der Waals surface area contributed by atoms with E-state index in [1.807, 2.05) is 0 Å². The van der Waals surface area contributed by atoms with Gasteiger partial charge in [0.2, 0.25) is 0 Å². The minimum Gasteiger partial charge on any atom is -0.436 e. The Balaban J connectivity index is 2.34. The Morgan fingerprint density at radius 1 is 1.11 bits per heavy atom. The summed E-state index contributed by atoms with van der Waals surface area (Å²) >= 11 is 5.51. The van der Waals surface area contributed by atoms with Crippen molar-refractivity contribution in [1.82, 2.24) is 4.98 Å². The maximum Gasteiger partial charge on any atom is 0.256 e. The number of nitrogens with zero attached hydrogens (tertiary/aromatic N) is 1. The van der Waals surface area contributed by atoms with Crippen LogP contribution >= 0.6 is 11.6 Å². The normalized spacial score (nSPS) is 10.4. The quantitative estimate of drug-likeness (QED) is 0.788. The first-order valence-electron chi connectivity index (χ1n) is 4.93. The van der Waals surface area contributed by atoms with Crippen LogP contribution in [0.5, 0.6) is 11.6 Å². The van der Waals surface area contributed by atoms with E-state index in [-0.39, 0.29) is 23.1 Å². The van der Waals surface area contributed by atoms with Crippen LogP contribution in [-0.4, -0.2) is 4.98 Å². The monoisotopic (exact) mass is 273 g/mol. The lowest BCUT2D eigenvalue weighted by atomic mass is 10.3. The van der Waals surface area contributed by atoms with Gasteiger partial charge in [0, 0.05) is 30.0 Å². The first-order chi connectivity index (χ1) is 8.60. The lowest BCUT2D eigenvalue weighted by Gasteiger charge is -2.07. The van der Waals surface area contributed by atoms with E-state index in [9.17, 15) is 13.2 Å². The molecule has 1 aromatic carbocycles. The average molecular weight is 274 g/mol. The summed E-state index contributed by atoms with van der Waals surface area (Å²) in [5, 5.41) is 0. The van der Waals surface area contributed by atoms with Gasteiger partial charge < -0.3 is 4.74 Å². The second-order valence-corrected chi connectivity index (χ2v) is 3.70. The highest BCUT2D eigenvalue weighted by Crippen LogP contribution is 2.25. The van der Waals surface area contributed by atoms with Crippen molar-refractivity contribution in [3.05, 3.63) is 53.5 Å². The molecule has 0 bridgehead atoms. The average Bonchev–Trinajstić information content (AvgIpc) is 2.30. The standard InChI is InChI=1S/C12H7ClF3NO/c13-6-7-1-2-17-12(11(7)16)18-10-4-8(14)3-9(15)5-10/h1-5H,6H2. The third-order valence-electron chi connectivity index (χ3n) is 2.13. The van der Waals surface area contributed by atoms with Crippen LogP contribution in [0.15, 0.2) is 30.5 Å². The zero-order valence-corrected chi connectivity index (χ0v) is 9.72. The number of alkyl halides is 1. The largest absolute Gasteiger partial charge is 0.436 e. The molecular formula is C12H7ClF3NO. The molecule has 0 aliphatic rings. The first kappa shape index (κ1) is 12.7. The van der Waals surface area contributed by atoms with Crippen molar-refractivity contribution < 1.29 is 17.9 Å². The minimum absolute atomic E-state index is 0.0533. The molecule has 0 unspecified atom stereocenters. The van der Waals surface area contributed by atoms with Crippen molar-refractivity contribution >= 4 is 11.6 Å². The Morgan fingerprint density at radius 2 is 1.78 bits per heavy atom. The van der Waals surface area contributed by atoms with Gasteiger partial charge >= 0.3 is 0 Å². The molecule has 18 heavy (non-hydrogen) atoms. The molecule has 0 amide bonds. The molecule has 2 aromatic rings. The van der Waals surface area contributed by atoms with Gasteiger partial charge in [0.25, 0.3) is 5.88 Å². The number of hydrogen-bond acceptors (Lipinski definition) is 2. The van der Waals surface area contributed by atoms with Crippen LogP contribution in [0.25, 0.3) is 0 Å². The smallest absolute Gasteiger partial charge is 0.256 e. The van der Waals surface area contributed by atoms with Crippen molar-refractivity contribution in [2.45, 2.75) is 5.88 Å². The molecule has 94 valence electrons. The lowest BCUT2D eigenvalue weighted by molar-refractivity contribution is 0.413. The molecule has 2 rings (SSSR count). The Labute approximate surface area is 106 Å². The van der Waals surface area contributed by atoms with E-state index >= 15 is 0 Å². The summed E-state index contributed by atoms with van der Waals surface area (Å²) in [6.07, 6.45) is 1.30. The van der Waals surface area contributed by atoms with Gasteiger partial charge in [-0.05, 0) is 6.07 Å². The summed E-state index contributed by atoms with van der Waals surface area (Å²) < 4.78 is 44.5. The molecule has 2 nitrogen and oxygen atoms in total. The van der Waals surface area contributed by atoms with Gasteiger partial charge in [0.05, 0.1) is 5.88 Å². The predicted molar refractivity (Wildman–Crippen MR) is 60.2 cm³/mol. The molecule has 0 saturated heterocycles. The molecule has 0 radical (unpaired) electrons. The van der Waals surface area contributed by atoms with Gasteiger partial charge in [0.15, 0.2) is 5.82 Å². The molecule has 0 aliphatic carbocycles. The number of halogens is 4. The van der Waals surface area contributed by atoms with Gasteiger partial charge in [-0.3, -0.25) is 0 Å². The third-order valence-corrected chi connectivity index (χ3v) is 2.42. The van der Waals surface area contributed by atoms with Gasteiger partial charge in [0.1, 0.15) is 17.4 Å². The number of benzene rings is 1. The number of pyridine rings is 1. The SMILES string of the molecule is Fc1cc(F)cc(Oc2nccc(CCl)c2F)c1. The summed E-state index contributed by atoms with van der Waals surface area (Å²) in [5.41, 5.74) is 0.193. The maximum absolute atomic E-state index is 13.7. The summed E-state index contributed by atoms with van der Waals surface area (Å²) in [7, 11) is 0. The van der Waals surface area contributed by atoms with E-state index in [4.69, 9.17) is 16.3 Å². The summed E-state index contributed by atoms with van der Waals surface area (Å²) in [5.74, 6) is -3.00. The summed E-state index contributed by atoms with van der Waals surface area (Å²) in [6.45, 7) is 0. The van der Waals surface area contributed by atoms with Crippen LogP contribution in [0.4, 0.5) is 13.2 Å². The zero-order valence-electron chi connectivity index (χ0n) is 8.96. The van der Waals surface area contributed by atoms with E-state index < -0.39 is 17.5 Å². The summed E-state index contributed by atoms with van der Waals surface area (Å²) in [4.78, 5) is 3.64. The first-order valence-corrected chi connectivity index (χ1v) is 5.47. The third kappa shape index (κ3) is 2.73. The van der Waals surface area contributed by atoms with E-state index in [1.54, 1.807) is 0 Å². The predicted octanol–water partition coefficient (Wildman–Crippen LogP) is 4.03. The van der Waals surface area contributed by atoms with E-state index in [0.29, 0.717) is 6.07 Å². The fourth-order valence-electron chi connectivity index (χ4n) is 1.34. The molecule has 0 N–H and O–H groups in total. The Bertz CT molecular complexity index is 557. The maximum atomic E-state index is 13.7. The van der Waals surface area contributed by atoms with Crippen molar-refractivity contribution in [2.24, 2.45) is 0 Å². The molecule has 0 atom stereocenters. The highest BCUT2D eigenvalue weighted by Gasteiger charge is 2.12. The van der Waals surface area contributed by atoms with Gasteiger partial charge in [-0.25, -0.2) is 18.2 Å². The molecule has 0 aliphatic heterocycles. The number of ether oxygens (including phenoxy) is 1. The molecule has 0 fully saturated rings. The number of aromatic nitrogens is 1. The number of rotatable bonds is 3. The molecular weight excluding hydrogens is 267 g/mol. The van der Waals surface area contributed by atoms with Gasteiger partial charge in [-0.2, -0.15) is 0 Å². The van der Waals surface area contributed by atoms with E-state index in [0.717, 1.165) is 12.1 Å². The fourth-order valence-corrected chi connectivity index (χ4v) is 1.54. The minimum atomic E-state index is -0.820. The van der Waals surface area contributed by atoms with Crippen LogP contribution in [0.2, 0.25) is 0 Å². The van der Waals surface area contributed by atoms with Gasteiger partial charge in [-0.15, -0.1) is 11.6 Å². The van der Waals surface area contributed by atoms with Crippen molar-refractivity contribution in [2.75, 3.05) is 0 Å². The molecule has 0 saturated carbocycles. The van der Waals surface area contributed by atoms with E-state index in [2.05, 4.69) is 4.98 Å². The van der Waals surface area contributed by atoms with Crippen molar-refractivity contribution in [3.8, 4) is 11.6 Å². The fraction of sp³-hybridized carbons (Fsp3) is 0.0833. The second-order valence-electron chi connectivity index (χ2n) is 3.43. The summed E-state index contributed by atoms with van der Waals surface area (Å²) in [6, 6.07) is 3.93. The van der Waals surface area contributed by atoms with Gasteiger partial charge in [-0.1, -0.05) is 0 Å². The van der Waals surface area contributed by atoms with Crippen LogP contribution in [0, 0.1) is 17.5 Å². The molecule has 1 heterocycles. The van der Waals surface area contributed by atoms with Crippen LogP contribution in [-0.2, 0) is 5.88 Å².